The zero-order valence-electron chi connectivity index (χ0n) is 8.06. The Morgan fingerprint density at radius 1 is 1.27 bits per heavy atom. The molecule has 1 fully saturated rings. The summed E-state index contributed by atoms with van der Waals surface area (Å²) in [4.78, 5) is 2.48. The molecule has 1 rings (SSSR count). The van der Waals surface area contributed by atoms with Crippen molar-refractivity contribution in [3.63, 3.8) is 0 Å². The first-order valence-corrected chi connectivity index (χ1v) is 4.65. The number of nitrogens with zero attached hydrogens (tertiary/aromatic N) is 1. The summed E-state index contributed by atoms with van der Waals surface area (Å²) in [5.74, 6) is 0. The number of hydrogen-bond acceptors (Lipinski definition) is 1. The highest BCUT2D eigenvalue weighted by Gasteiger charge is 2.17. The summed E-state index contributed by atoms with van der Waals surface area (Å²) in [5.41, 5.74) is 0.452. The lowest BCUT2D eigenvalue weighted by Crippen LogP contribution is -2.33. The highest BCUT2D eigenvalue weighted by Crippen LogP contribution is 2.20. The van der Waals surface area contributed by atoms with E-state index in [4.69, 9.17) is 0 Å². The van der Waals surface area contributed by atoms with Crippen LogP contribution in [0.25, 0.3) is 0 Å². The van der Waals surface area contributed by atoms with Crippen LogP contribution in [0.2, 0.25) is 0 Å². The van der Waals surface area contributed by atoms with E-state index in [0.29, 0.717) is 5.41 Å². The van der Waals surface area contributed by atoms with Crippen LogP contribution in [0.15, 0.2) is 0 Å². The lowest BCUT2D eigenvalue weighted by Gasteiger charge is -2.32. The lowest BCUT2D eigenvalue weighted by atomic mass is 9.95. The van der Waals surface area contributed by atoms with Crippen LogP contribution in [0.3, 0.4) is 0 Å². The van der Waals surface area contributed by atoms with Gasteiger partial charge in [-0.25, -0.2) is 0 Å². The van der Waals surface area contributed by atoms with Gasteiger partial charge in [0.1, 0.15) is 0 Å². The van der Waals surface area contributed by atoms with Gasteiger partial charge in [0, 0.05) is 13.1 Å². The third-order valence-corrected chi connectivity index (χ3v) is 1.96. The fraction of sp³-hybridized carbons (Fsp3) is 0.900. The van der Waals surface area contributed by atoms with Gasteiger partial charge in [-0.3, -0.25) is 4.90 Å². The van der Waals surface area contributed by atoms with Gasteiger partial charge in [-0.1, -0.05) is 27.2 Å². The van der Waals surface area contributed by atoms with Crippen LogP contribution in [0.5, 0.6) is 0 Å². The number of rotatable bonds is 1. The van der Waals surface area contributed by atoms with E-state index < -0.39 is 0 Å². The van der Waals surface area contributed by atoms with E-state index >= 15 is 0 Å². The molecule has 11 heavy (non-hydrogen) atoms. The standard InChI is InChI=1S/C10H20N/c1-10(2,3)9-11-7-5-4-6-8-11/h7H,4-6,8-9H2,1-3H3. The van der Waals surface area contributed by atoms with Crippen LogP contribution in [-0.4, -0.2) is 18.0 Å². The lowest BCUT2D eigenvalue weighted by molar-refractivity contribution is 0.201. The SMILES string of the molecule is CC(C)(C)CN1[CH]CCCC1. The minimum atomic E-state index is 0.452. The predicted molar refractivity (Wildman–Crippen MR) is 49.2 cm³/mol. The molecular weight excluding hydrogens is 134 g/mol. The number of likely N-dealkylation sites (tertiary alicyclic amines) is 1. The average molecular weight is 154 g/mol. The molecule has 0 atom stereocenters. The molecule has 0 unspecified atom stereocenters. The van der Waals surface area contributed by atoms with Crippen molar-refractivity contribution in [3.8, 4) is 0 Å². The van der Waals surface area contributed by atoms with Crippen molar-refractivity contribution in [3.05, 3.63) is 6.54 Å². The Bertz CT molecular complexity index is 107. The zero-order chi connectivity index (χ0) is 8.32. The first kappa shape index (κ1) is 9.05. The second kappa shape index (κ2) is 3.57. The van der Waals surface area contributed by atoms with Crippen molar-refractivity contribution >= 4 is 0 Å². The Kier molecular flexibility index (Phi) is 2.94. The molecule has 65 valence electrons. The van der Waals surface area contributed by atoms with Crippen molar-refractivity contribution in [2.45, 2.75) is 40.0 Å². The third kappa shape index (κ3) is 3.76. The minimum Gasteiger partial charge on any atom is -0.298 e. The van der Waals surface area contributed by atoms with Gasteiger partial charge < -0.3 is 0 Å². The molecule has 0 spiro atoms. The van der Waals surface area contributed by atoms with E-state index in [1.54, 1.807) is 0 Å². The molecule has 0 saturated carbocycles. The summed E-state index contributed by atoms with van der Waals surface area (Å²) in [7, 11) is 0. The molecule has 1 aliphatic rings. The maximum Gasteiger partial charge on any atom is 0.0251 e. The first-order valence-electron chi connectivity index (χ1n) is 4.65. The van der Waals surface area contributed by atoms with Gasteiger partial charge in [-0.15, -0.1) is 0 Å². The van der Waals surface area contributed by atoms with Crippen molar-refractivity contribution in [1.82, 2.24) is 4.90 Å². The predicted octanol–water partition coefficient (Wildman–Crippen LogP) is 2.68. The van der Waals surface area contributed by atoms with Gasteiger partial charge in [0.2, 0.25) is 0 Å². The smallest absolute Gasteiger partial charge is 0.0251 e. The van der Waals surface area contributed by atoms with Gasteiger partial charge in [-0.05, 0) is 24.8 Å². The summed E-state index contributed by atoms with van der Waals surface area (Å²) in [5, 5.41) is 0. The summed E-state index contributed by atoms with van der Waals surface area (Å²) in [6.45, 7) is 11.8. The zero-order valence-corrected chi connectivity index (χ0v) is 8.06. The number of piperidine rings is 1. The normalized spacial score (nSPS) is 22.1. The van der Waals surface area contributed by atoms with Crippen LogP contribution in [0.4, 0.5) is 0 Å². The quantitative estimate of drug-likeness (QED) is 0.561. The highest BCUT2D eigenvalue weighted by atomic mass is 15.1. The average Bonchev–Trinajstić information content (AvgIpc) is 1.85. The molecule has 1 aliphatic heterocycles. The minimum absolute atomic E-state index is 0.452. The van der Waals surface area contributed by atoms with Gasteiger partial charge >= 0.3 is 0 Å². The van der Waals surface area contributed by atoms with Crippen LogP contribution in [-0.2, 0) is 0 Å². The second-order valence-electron chi connectivity index (χ2n) is 4.71. The topological polar surface area (TPSA) is 3.24 Å². The van der Waals surface area contributed by atoms with Gasteiger partial charge in [0.15, 0.2) is 0 Å². The Morgan fingerprint density at radius 3 is 2.45 bits per heavy atom. The van der Waals surface area contributed by atoms with Crippen molar-refractivity contribution in [2.24, 2.45) is 5.41 Å². The molecule has 1 nitrogen and oxygen atoms in total. The summed E-state index contributed by atoms with van der Waals surface area (Å²) < 4.78 is 0. The molecule has 1 saturated heterocycles. The van der Waals surface area contributed by atoms with E-state index in [1.807, 2.05) is 0 Å². The molecule has 1 heteroatoms. The Morgan fingerprint density at radius 2 is 2.00 bits per heavy atom. The van der Waals surface area contributed by atoms with E-state index in [1.165, 1.54) is 32.4 Å². The summed E-state index contributed by atoms with van der Waals surface area (Å²) >= 11 is 0. The fourth-order valence-electron chi connectivity index (χ4n) is 1.58. The molecular formula is C10H20N. The Hall–Kier alpha value is -0.0400. The Balaban J connectivity index is 2.24. The number of hydrogen-bond donors (Lipinski definition) is 0. The van der Waals surface area contributed by atoms with Crippen LogP contribution < -0.4 is 0 Å². The molecule has 0 aromatic heterocycles. The molecule has 0 bridgehead atoms. The van der Waals surface area contributed by atoms with E-state index in [0.717, 1.165) is 0 Å². The van der Waals surface area contributed by atoms with Crippen molar-refractivity contribution in [1.29, 1.82) is 0 Å². The maximum atomic E-state index is 2.48. The molecule has 0 N–H and O–H groups in total. The van der Waals surface area contributed by atoms with E-state index in [2.05, 4.69) is 32.2 Å². The van der Waals surface area contributed by atoms with Gasteiger partial charge in [0.05, 0.1) is 0 Å². The van der Waals surface area contributed by atoms with Crippen molar-refractivity contribution in [2.75, 3.05) is 13.1 Å². The van der Waals surface area contributed by atoms with E-state index in [-0.39, 0.29) is 0 Å². The van der Waals surface area contributed by atoms with Crippen LogP contribution >= 0.6 is 0 Å². The molecule has 0 aliphatic carbocycles. The molecule has 1 radical (unpaired) electrons. The molecule has 0 amide bonds. The molecule has 1 heterocycles. The summed E-state index contributed by atoms with van der Waals surface area (Å²) in [6, 6.07) is 0. The fourth-order valence-corrected chi connectivity index (χ4v) is 1.58. The van der Waals surface area contributed by atoms with Crippen LogP contribution in [0, 0.1) is 12.0 Å². The first-order chi connectivity index (χ1) is 5.08. The van der Waals surface area contributed by atoms with Gasteiger partial charge in [0.25, 0.3) is 0 Å². The maximum absolute atomic E-state index is 2.48. The van der Waals surface area contributed by atoms with E-state index in [9.17, 15) is 0 Å². The largest absolute Gasteiger partial charge is 0.298 e. The highest BCUT2D eigenvalue weighted by molar-refractivity contribution is 4.78. The van der Waals surface area contributed by atoms with Crippen molar-refractivity contribution < 1.29 is 0 Å². The summed E-state index contributed by atoms with van der Waals surface area (Å²) in [6.07, 6.45) is 4.06. The van der Waals surface area contributed by atoms with Gasteiger partial charge in [-0.2, -0.15) is 0 Å². The molecule has 0 aromatic carbocycles. The second-order valence-corrected chi connectivity index (χ2v) is 4.71. The third-order valence-electron chi connectivity index (χ3n) is 1.96. The Labute approximate surface area is 70.8 Å². The van der Waals surface area contributed by atoms with Crippen LogP contribution in [0.1, 0.15) is 40.0 Å². The molecule has 0 aromatic rings. The monoisotopic (exact) mass is 154 g/mol.